The van der Waals surface area contributed by atoms with E-state index in [2.05, 4.69) is 25.1 Å². The van der Waals surface area contributed by atoms with E-state index in [1.807, 2.05) is 34.7 Å². The molecule has 2 aromatic heterocycles. The normalized spacial score (nSPS) is 17.1. The Bertz CT molecular complexity index is 835. The fourth-order valence-electron chi connectivity index (χ4n) is 3.68. The topological polar surface area (TPSA) is 81.7 Å². The number of nitrogens with one attached hydrogen (secondary N) is 1. The molecule has 2 aliphatic rings. The van der Waals surface area contributed by atoms with Crippen molar-refractivity contribution in [2.24, 2.45) is 0 Å². The number of rotatable bonds is 7. The highest BCUT2D eigenvalue weighted by Crippen LogP contribution is 2.23. The molecule has 0 saturated carbocycles. The Balaban J connectivity index is 1.22. The van der Waals surface area contributed by atoms with Crippen molar-refractivity contribution in [3.05, 3.63) is 35.5 Å². The third-order valence-corrected chi connectivity index (χ3v) is 6.21. The van der Waals surface area contributed by atoms with Crippen molar-refractivity contribution >= 4 is 34.1 Å². The first-order valence-corrected chi connectivity index (χ1v) is 11.0. The highest BCUT2D eigenvalue weighted by Gasteiger charge is 2.22. The second-order valence-electron chi connectivity index (χ2n) is 7.27. The van der Waals surface area contributed by atoms with Gasteiger partial charge >= 0.3 is 0 Å². The van der Waals surface area contributed by atoms with Gasteiger partial charge in [-0.25, -0.2) is 9.97 Å². The van der Waals surface area contributed by atoms with Crippen molar-refractivity contribution in [2.75, 3.05) is 55.6 Å². The van der Waals surface area contributed by atoms with Crippen LogP contribution in [0.3, 0.4) is 0 Å². The Morgan fingerprint density at radius 1 is 1.14 bits per heavy atom. The third-order valence-electron chi connectivity index (χ3n) is 5.31. The van der Waals surface area contributed by atoms with Gasteiger partial charge in [0.15, 0.2) is 5.13 Å². The molecule has 0 radical (unpaired) electrons. The standard InChI is InChI=1S/C20H26N6O2S/c27-18-6-3-9-25(18)10-4-8-22-19(28)16-15-29-20(23-16)26-13-11-24(12-14-26)17-5-1-2-7-21-17/h1-2,5,7,15H,3-4,6,8-14H2,(H,22,28). The minimum atomic E-state index is -0.146. The van der Waals surface area contributed by atoms with Gasteiger partial charge in [0.05, 0.1) is 0 Å². The number of amides is 2. The average Bonchev–Trinajstić information content (AvgIpc) is 3.41. The van der Waals surface area contributed by atoms with Gasteiger partial charge in [-0.3, -0.25) is 9.59 Å². The van der Waals surface area contributed by atoms with Gasteiger partial charge in [0.1, 0.15) is 11.5 Å². The summed E-state index contributed by atoms with van der Waals surface area (Å²) in [6.07, 6.45) is 4.19. The second-order valence-corrected chi connectivity index (χ2v) is 8.11. The maximum absolute atomic E-state index is 12.4. The first-order chi connectivity index (χ1) is 14.2. The zero-order valence-electron chi connectivity index (χ0n) is 16.4. The summed E-state index contributed by atoms with van der Waals surface area (Å²) >= 11 is 1.51. The lowest BCUT2D eigenvalue weighted by Crippen LogP contribution is -2.46. The molecule has 29 heavy (non-hydrogen) atoms. The van der Waals surface area contributed by atoms with E-state index >= 15 is 0 Å². The van der Waals surface area contributed by atoms with Crippen molar-refractivity contribution in [3.63, 3.8) is 0 Å². The summed E-state index contributed by atoms with van der Waals surface area (Å²) in [5.41, 5.74) is 0.467. The zero-order chi connectivity index (χ0) is 20.1. The molecule has 0 spiro atoms. The Labute approximate surface area is 174 Å². The molecule has 154 valence electrons. The van der Waals surface area contributed by atoms with Crippen LogP contribution in [0.2, 0.25) is 0 Å². The number of carbonyl (C=O) groups excluding carboxylic acids is 2. The molecule has 0 atom stereocenters. The molecular formula is C20H26N6O2S. The Morgan fingerprint density at radius 2 is 1.97 bits per heavy atom. The molecule has 2 fully saturated rings. The van der Waals surface area contributed by atoms with E-state index in [0.717, 1.165) is 56.5 Å². The molecule has 0 unspecified atom stereocenters. The van der Waals surface area contributed by atoms with Crippen LogP contribution in [0.1, 0.15) is 29.8 Å². The van der Waals surface area contributed by atoms with Crippen molar-refractivity contribution in [3.8, 4) is 0 Å². The number of likely N-dealkylation sites (tertiary alicyclic amines) is 1. The number of piperazine rings is 1. The number of hydrogen-bond acceptors (Lipinski definition) is 7. The quantitative estimate of drug-likeness (QED) is 0.693. The van der Waals surface area contributed by atoms with Crippen LogP contribution in [0.15, 0.2) is 29.8 Å². The lowest BCUT2D eigenvalue weighted by atomic mass is 10.3. The smallest absolute Gasteiger partial charge is 0.270 e. The van der Waals surface area contributed by atoms with E-state index in [4.69, 9.17) is 0 Å². The zero-order valence-corrected chi connectivity index (χ0v) is 17.2. The number of hydrogen-bond donors (Lipinski definition) is 1. The largest absolute Gasteiger partial charge is 0.353 e. The van der Waals surface area contributed by atoms with Crippen LogP contribution in [-0.2, 0) is 4.79 Å². The fourth-order valence-corrected chi connectivity index (χ4v) is 4.54. The Morgan fingerprint density at radius 3 is 2.69 bits per heavy atom. The minimum Gasteiger partial charge on any atom is -0.353 e. The molecule has 0 aromatic carbocycles. The predicted octanol–water partition coefficient (Wildman–Crippen LogP) is 1.61. The average molecular weight is 415 g/mol. The summed E-state index contributed by atoms with van der Waals surface area (Å²) in [4.78, 5) is 39.3. The van der Waals surface area contributed by atoms with E-state index < -0.39 is 0 Å². The van der Waals surface area contributed by atoms with Crippen LogP contribution in [0.4, 0.5) is 10.9 Å². The summed E-state index contributed by atoms with van der Waals surface area (Å²) < 4.78 is 0. The summed E-state index contributed by atoms with van der Waals surface area (Å²) in [6, 6.07) is 5.96. The lowest BCUT2D eigenvalue weighted by molar-refractivity contribution is -0.127. The maximum Gasteiger partial charge on any atom is 0.270 e. The number of pyridine rings is 1. The van der Waals surface area contributed by atoms with Crippen molar-refractivity contribution < 1.29 is 9.59 Å². The highest BCUT2D eigenvalue weighted by molar-refractivity contribution is 7.13. The van der Waals surface area contributed by atoms with Crippen LogP contribution >= 0.6 is 11.3 Å². The first-order valence-electron chi connectivity index (χ1n) is 10.1. The van der Waals surface area contributed by atoms with Crippen molar-refractivity contribution in [1.29, 1.82) is 0 Å². The molecule has 2 amide bonds. The predicted molar refractivity (Wildman–Crippen MR) is 114 cm³/mol. The first kappa shape index (κ1) is 19.6. The van der Waals surface area contributed by atoms with Crippen LogP contribution in [-0.4, -0.2) is 72.5 Å². The molecule has 2 aromatic rings. The van der Waals surface area contributed by atoms with Gasteiger partial charge in [0.2, 0.25) is 5.91 Å². The third kappa shape index (κ3) is 4.84. The van der Waals surface area contributed by atoms with Crippen LogP contribution < -0.4 is 15.1 Å². The van der Waals surface area contributed by atoms with E-state index in [-0.39, 0.29) is 11.8 Å². The molecule has 2 aliphatic heterocycles. The molecule has 8 nitrogen and oxygen atoms in total. The second kappa shape index (κ2) is 9.21. The SMILES string of the molecule is O=C(NCCCN1CCCC1=O)c1csc(N2CCN(c3ccccn3)CC2)n1. The number of thiazole rings is 1. The molecule has 0 bridgehead atoms. The number of anilines is 2. The van der Waals surface area contributed by atoms with Gasteiger partial charge in [-0.1, -0.05) is 6.07 Å². The van der Waals surface area contributed by atoms with Gasteiger partial charge in [-0.15, -0.1) is 11.3 Å². The highest BCUT2D eigenvalue weighted by atomic mass is 32.1. The summed E-state index contributed by atoms with van der Waals surface area (Å²) in [7, 11) is 0. The number of carbonyl (C=O) groups is 2. The maximum atomic E-state index is 12.4. The molecule has 2 saturated heterocycles. The molecular weight excluding hydrogens is 388 g/mol. The fraction of sp³-hybridized carbons (Fsp3) is 0.500. The Hall–Kier alpha value is -2.68. The van der Waals surface area contributed by atoms with E-state index in [0.29, 0.717) is 25.2 Å². The summed E-state index contributed by atoms with van der Waals surface area (Å²) in [5.74, 6) is 1.08. The summed E-state index contributed by atoms with van der Waals surface area (Å²) in [6.45, 7) is 5.58. The molecule has 9 heteroatoms. The van der Waals surface area contributed by atoms with Gasteiger partial charge in [0.25, 0.3) is 5.91 Å². The van der Waals surface area contributed by atoms with Gasteiger partial charge in [0, 0.05) is 63.8 Å². The van der Waals surface area contributed by atoms with Crippen LogP contribution in [0.5, 0.6) is 0 Å². The van der Waals surface area contributed by atoms with Crippen LogP contribution in [0, 0.1) is 0 Å². The minimum absolute atomic E-state index is 0.146. The van der Waals surface area contributed by atoms with E-state index in [9.17, 15) is 9.59 Å². The van der Waals surface area contributed by atoms with E-state index in [1.54, 1.807) is 0 Å². The van der Waals surface area contributed by atoms with Crippen molar-refractivity contribution in [1.82, 2.24) is 20.2 Å². The molecule has 4 rings (SSSR count). The molecule has 0 aliphatic carbocycles. The monoisotopic (exact) mass is 414 g/mol. The van der Waals surface area contributed by atoms with Gasteiger partial charge in [-0.2, -0.15) is 0 Å². The summed E-state index contributed by atoms with van der Waals surface area (Å²) in [5, 5.41) is 5.62. The van der Waals surface area contributed by atoms with Gasteiger partial charge < -0.3 is 20.0 Å². The number of nitrogens with zero attached hydrogens (tertiary/aromatic N) is 5. The van der Waals surface area contributed by atoms with E-state index in [1.165, 1.54) is 11.3 Å². The molecule has 4 heterocycles. The van der Waals surface area contributed by atoms with Crippen LogP contribution in [0.25, 0.3) is 0 Å². The van der Waals surface area contributed by atoms with Gasteiger partial charge in [-0.05, 0) is 25.0 Å². The lowest BCUT2D eigenvalue weighted by Gasteiger charge is -2.35. The number of aromatic nitrogens is 2. The Kier molecular flexibility index (Phi) is 6.24. The molecule has 1 N–H and O–H groups in total. The van der Waals surface area contributed by atoms with Crippen molar-refractivity contribution in [2.45, 2.75) is 19.3 Å².